The average Bonchev–Trinajstić information content (AvgIpc) is 2.34. The van der Waals surface area contributed by atoms with Crippen LogP contribution >= 0.6 is 27.7 Å². The van der Waals surface area contributed by atoms with E-state index in [2.05, 4.69) is 20.9 Å². The lowest BCUT2D eigenvalue weighted by Gasteiger charge is -2.10. The Hall–Kier alpha value is -0.350. The third-order valence-corrected chi connectivity index (χ3v) is 3.56. The van der Waals surface area contributed by atoms with E-state index in [1.54, 1.807) is 18.0 Å². The fourth-order valence-electron chi connectivity index (χ4n) is 1.03. The Kier molecular flexibility index (Phi) is 1.73. The SMILES string of the molecule is O=C1N=CC=C2SC=C(Br)C12. The Labute approximate surface area is 76.6 Å². The molecule has 0 aromatic rings. The molecule has 1 unspecified atom stereocenters. The lowest BCUT2D eigenvalue weighted by atomic mass is 10.1. The van der Waals surface area contributed by atoms with E-state index in [0.717, 1.165) is 9.39 Å². The Morgan fingerprint density at radius 3 is 3.18 bits per heavy atom. The van der Waals surface area contributed by atoms with Gasteiger partial charge in [0.05, 0.1) is 0 Å². The first-order chi connectivity index (χ1) is 5.29. The van der Waals surface area contributed by atoms with Crippen molar-refractivity contribution >= 4 is 39.8 Å². The monoisotopic (exact) mass is 229 g/mol. The van der Waals surface area contributed by atoms with Crippen LogP contribution in [0.5, 0.6) is 0 Å². The van der Waals surface area contributed by atoms with Crippen molar-refractivity contribution in [1.82, 2.24) is 0 Å². The Morgan fingerprint density at radius 2 is 2.45 bits per heavy atom. The van der Waals surface area contributed by atoms with Crippen LogP contribution in [-0.2, 0) is 4.79 Å². The minimum Gasteiger partial charge on any atom is -0.271 e. The molecule has 1 amide bonds. The summed E-state index contributed by atoms with van der Waals surface area (Å²) in [6.07, 6.45) is 3.43. The average molecular weight is 230 g/mol. The summed E-state index contributed by atoms with van der Waals surface area (Å²) in [6.45, 7) is 0. The van der Waals surface area contributed by atoms with Gasteiger partial charge in [-0.3, -0.25) is 4.79 Å². The minimum atomic E-state index is -0.134. The van der Waals surface area contributed by atoms with E-state index in [0.29, 0.717) is 0 Å². The highest BCUT2D eigenvalue weighted by atomic mass is 79.9. The molecular formula is C7H4BrNOS. The maximum Gasteiger partial charge on any atom is 0.258 e. The van der Waals surface area contributed by atoms with Crippen molar-refractivity contribution in [3.05, 3.63) is 20.9 Å². The molecule has 2 aliphatic rings. The van der Waals surface area contributed by atoms with Gasteiger partial charge in [-0.1, -0.05) is 15.9 Å². The van der Waals surface area contributed by atoms with Crippen LogP contribution in [0.3, 0.4) is 0 Å². The lowest BCUT2D eigenvalue weighted by Crippen LogP contribution is -2.13. The van der Waals surface area contributed by atoms with Gasteiger partial charge in [-0.05, 0) is 11.5 Å². The molecule has 2 rings (SSSR count). The number of hydrogen-bond acceptors (Lipinski definition) is 2. The fourth-order valence-corrected chi connectivity index (χ4v) is 2.79. The number of hydrogen-bond donors (Lipinski definition) is 0. The molecule has 11 heavy (non-hydrogen) atoms. The summed E-state index contributed by atoms with van der Waals surface area (Å²) in [6, 6.07) is 0. The van der Waals surface area contributed by atoms with E-state index in [9.17, 15) is 4.79 Å². The summed E-state index contributed by atoms with van der Waals surface area (Å²) in [5.41, 5.74) is 0. The third-order valence-electron chi connectivity index (χ3n) is 1.56. The van der Waals surface area contributed by atoms with Crippen molar-refractivity contribution in [2.24, 2.45) is 10.9 Å². The molecule has 0 saturated carbocycles. The van der Waals surface area contributed by atoms with Crippen LogP contribution in [0.25, 0.3) is 0 Å². The van der Waals surface area contributed by atoms with E-state index in [1.165, 1.54) is 0 Å². The molecule has 0 aliphatic carbocycles. The number of amides is 1. The highest BCUT2D eigenvalue weighted by Gasteiger charge is 2.31. The highest BCUT2D eigenvalue weighted by Crippen LogP contribution is 2.43. The van der Waals surface area contributed by atoms with Crippen LogP contribution < -0.4 is 0 Å². The minimum absolute atomic E-state index is 0.0735. The lowest BCUT2D eigenvalue weighted by molar-refractivity contribution is -0.119. The molecule has 1 atom stereocenters. The number of carbonyl (C=O) groups excluding carboxylic acids is 1. The van der Waals surface area contributed by atoms with Crippen molar-refractivity contribution in [3.8, 4) is 0 Å². The summed E-state index contributed by atoms with van der Waals surface area (Å²) < 4.78 is 0.926. The van der Waals surface area contributed by atoms with Crippen LogP contribution in [0.1, 0.15) is 0 Å². The number of carbonyl (C=O) groups is 1. The van der Waals surface area contributed by atoms with Crippen LogP contribution in [0.15, 0.2) is 25.9 Å². The van der Waals surface area contributed by atoms with Gasteiger partial charge in [0.25, 0.3) is 5.91 Å². The molecule has 2 nitrogen and oxygen atoms in total. The second-order valence-corrected chi connectivity index (χ2v) is 4.10. The van der Waals surface area contributed by atoms with Crippen molar-refractivity contribution in [1.29, 1.82) is 0 Å². The highest BCUT2D eigenvalue weighted by molar-refractivity contribution is 9.11. The second kappa shape index (κ2) is 2.60. The van der Waals surface area contributed by atoms with Crippen molar-refractivity contribution < 1.29 is 4.79 Å². The molecule has 0 N–H and O–H groups in total. The molecule has 0 aromatic heterocycles. The second-order valence-electron chi connectivity index (χ2n) is 2.24. The van der Waals surface area contributed by atoms with Crippen molar-refractivity contribution in [2.45, 2.75) is 0 Å². The van der Waals surface area contributed by atoms with E-state index in [4.69, 9.17) is 0 Å². The van der Waals surface area contributed by atoms with Gasteiger partial charge >= 0.3 is 0 Å². The predicted molar refractivity (Wildman–Crippen MR) is 49.7 cm³/mol. The van der Waals surface area contributed by atoms with Gasteiger partial charge in [0.1, 0.15) is 5.92 Å². The van der Waals surface area contributed by atoms with E-state index in [1.807, 2.05) is 11.5 Å². The maximum absolute atomic E-state index is 11.2. The van der Waals surface area contributed by atoms with E-state index in [-0.39, 0.29) is 11.8 Å². The van der Waals surface area contributed by atoms with Crippen LogP contribution in [-0.4, -0.2) is 12.1 Å². The molecule has 2 heterocycles. The summed E-state index contributed by atoms with van der Waals surface area (Å²) in [7, 11) is 0. The molecule has 56 valence electrons. The maximum atomic E-state index is 11.2. The largest absolute Gasteiger partial charge is 0.271 e. The summed E-state index contributed by atoms with van der Waals surface area (Å²) in [5.74, 6) is -0.208. The summed E-state index contributed by atoms with van der Waals surface area (Å²) in [4.78, 5) is 15.9. The van der Waals surface area contributed by atoms with Gasteiger partial charge in [0.15, 0.2) is 0 Å². The first-order valence-corrected chi connectivity index (χ1v) is 4.76. The van der Waals surface area contributed by atoms with Crippen LogP contribution in [0.2, 0.25) is 0 Å². The number of halogens is 1. The van der Waals surface area contributed by atoms with Gasteiger partial charge in [-0.2, -0.15) is 0 Å². The smallest absolute Gasteiger partial charge is 0.258 e. The molecule has 0 aromatic carbocycles. The quantitative estimate of drug-likeness (QED) is 0.637. The van der Waals surface area contributed by atoms with Crippen molar-refractivity contribution in [3.63, 3.8) is 0 Å². The van der Waals surface area contributed by atoms with Crippen LogP contribution in [0.4, 0.5) is 0 Å². The predicted octanol–water partition coefficient (Wildman–Crippen LogP) is 2.08. The van der Waals surface area contributed by atoms with Gasteiger partial charge < -0.3 is 0 Å². The molecular weight excluding hydrogens is 226 g/mol. The number of fused-ring (bicyclic) bond motifs is 1. The van der Waals surface area contributed by atoms with Gasteiger partial charge in [-0.25, -0.2) is 4.99 Å². The summed E-state index contributed by atoms with van der Waals surface area (Å²) >= 11 is 4.90. The zero-order chi connectivity index (χ0) is 7.84. The Morgan fingerprint density at radius 1 is 1.64 bits per heavy atom. The van der Waals surface area contributed by atoms with Crippen LogP contribution in [0, 0.1) is 5.92 Å². The summed E-state index contributed by atoms with van der Waals surface area (Å²) in [5, 5.41) is 1.93. The van der Waals surface area contributed by atoms with Gasteiger partial charge in [0, 0.05) is 15.6 Å². The number of aliphatic imine (C=N–C) groups is 1. The number of dihydropyridines is 1. The molecule has 0 radical (unpaired) electrons. The molecule has 0 saturated heterocycles. The number of allylic oxidation sites excluding steroid dienone is 1. The topological polar surface area (TPSA) is 29.4 Å². The Balaban J connectivity index is 2.42. The number of nitrogens with zero attached hydrogens (tertiary/aromatic N) is 1. The van der Waals surface area contributed by atoms with E-state index < -0.39 is 0 Å². The Bertz CT molecular complexity index is 306. The zero-order valence-electron chi connectivity index (χ0n) is 5.45. The van der Waals surface area contributed by atoms with E-state index >= 15 is 0 Å². The van der Waals surface area contributed by atoms with Crippen molar-refractivity contribution in [2.75, 3.05) is 0 Å². The fraction of sp³-hybridized carbons (Fsp3) is 0.143. The zero-order valence-corrected chi connectivity index (χ0v) is 7.85. The van der Waals surface area contributed by atoms with Gasteiger partial charge in [0.2, 0.25) is 0 Å². The molecule has 4 heteroatoms. The molecule has 2 aliphatic heterocycles. The number of thioether (sulfide) groups is 1. The van der Waals surface area contributed by atoms with Gasteiger partial charge in [-0.15, -0.1) is 11.8 Å². The number of rotatable bonds is 0. The normalized spacial score (nSPS) is 28.1. The molecule has 0 bridgehead atoms. The molecule has 0 spiro atoms. The third kappa shape index (κ3) is 1.10. The first-order valence-electron chi connectivity index (χ1n) is 3.09. The standard InChI is InChI=1S/C7H4BrNOS/c8-4-3-11-5-1-2-9-7(10)6(4)5/h1-3,6H. The first kappa shape index (κ1) is 7.31. The molecule has 0 fully saturated rings.